The number of benzene rings is 2. The van der Waals surface area contributed by atoms with Crippen LogP contribution in [-0.4, -0.2) is 15.0 Å². The number of halogens is 3. The summed E-state index contributed by atoms with van der Waals surface area (Å²) in [6, 6.07) is 10.0. The van der Waals surface area contributed by atoms with Crippen molar-refractivity contribution in [2.75, 3.05) is 0 Å². The first-order valence-electron chi connectivity index (χ1n) is 7.17. The van der Waals surface area contributed by atoms with Gasteiger partial charge in [-0.2, -0.15) is 17.7 Å². The van der Waals surface area contributed by atoms with Crippen molar-refractivity contribution in [1.29, 1.82) is 0 Å². The first-order valence-corrected chi connectivity index (χ1v) is 7.17. The molecule has 0 amide bonds. The van der Waals surface area contributed by atoms with Gasteiger partial charge in [0.15, 0.2) is 0 Å². The summed E-state index contributed by atoms with van der Waals surface area (Å²) in [5.74, 6) is -0.818. The lowest BCUT2D eigenvalue weighted by Gasteiger charge is -2.14. The predicted octanol–water partition coefficient (Wildman–Crippen LogP) is 2.83. The molecule has 0 bridgehead atoms. The lowest BCUT2D eigenvalue weighted by Crippen LogP contribution is -2.42. The Kier molecular flexibility index (Phi) is 3.82. The number of alkyl halides is 3. The summed E-state index contributed by atoms with van der Waals surface area (Å²) >= 11 is 0. The van der Waals surface area contributed by atoms with E-state index in [4.69, 9.17) is 0 Å². The maximum Gasteiger partial charge on any atom is 0.416 e. The quantitative estimate of drug-likeness (QED) is 0.679. The summed E-state index contributed by atoms with van der Waals surface area (Å²) in [5.41, 5.74) is -2.74. The molecule has 8 heteroatoms. The van der Waals surface area contributed by atoms with E-state index in [0.717, 1.165) is 29.7 Å². The molecule has 1 heterocycles. The summed E-state index contributed by atoms with van der Waals surface area (Å²) < 4.78 is 40.2. The molecule has 0 spiro atoms. The second kappa shape index (κ2) is 5.73. The molecule has 2 aromatic carbocycles. The minimum absolute atomic E-state index is 0.0507. The highest BCUT2D eigenvalue weighted by molar-refractivity contribution is 5.84. The van der Waals surface area contributed by atoms with Crippen molar-refractivity contribution in [3.05, 3.63) is 74.9 Å². The standard InChI is InChI=1S/C17H11F3N2O3/c1-10(23)21-15(24)13-7-2-3-8-14(13)22(16(21)25)12-6-4-5-11(9-12)17(18,19)20/h2-9H,1H3. The second-order valence-electron chi connectivity index (χ2n) is 5.34. The molecule has 0 radical (unpaired) electrons. The molecule has 3 aromatic rings. The Morgan fingerprint density at radius 1 is 1.00 bits per heavy atom. The van der Waals surface area contributed by atoms with E-state index in [-0.39, 0.29) is 16.6 Å². The lowest BCUT2D eigenvalue weighted by molar-refractivity contribution is -0.137. The van der Waals surface area contributed by atoms with E-state index in [1.165, 1.54) is 24.3 Å². The van der Waals surface area contributed by atoms with Crippen molar-refractivity contribution in [2.45, 2.75) is 13.1 Å². The van der Waals surface area contributed by atoms with Crippen molar-refractivity contribution in [1.82, 2.24) is 9.13 Å². The molecular weight excluding hydrogens is 337 g/mol. The average Bonchev–Trinajstić information content (AvgIpc) is 2.54. The largest absolute Gasteiger partial charge is 0.416 e. The van der Waals surface area contributed by atoms with Crippen LogP contribution in [-0.2, 0) is 6.18 Å². The van der Waals surface area contributed by atoms with Crippen LogP contribution in [0.2, 0.25) is 0 Å². The van der Waals surface area contributed by atoms with Crippen LogP contribution in [0.5, 0.6) is 0 Å². The van der Waals surface area contributed by atoms with E-state index in [1.807, 2.05) is 0 Å². The maximum absolute atomic E-state index is 13.0. The van der Waals surface area contributed by atoms with Crippen LogP contribution in [0.3, 0.4) is 0 Å². The maximum atomic E-state index is 13.0. The third-order valence-electron chi connectivity index (χ3n) is 3.71. The number of fused-ring (bicyclic) bond motifs is 1. The van der Waals surface area contributed by atoms with Crippen LogP contribution in [0.25, 0.3) is 16.6 Å². The Bertz CT molecular complexity index is 1110. The monoisotopic (exact) mass is 348 g/mol. The highest BCUT2D eigenvalue weighted by atomic mass is 19.4. The van der Waals surface area contributed by atoms with Gasteiger partial charge in [0.25, 0.3) is 5.56 Å². The van der Waals surface area contributed by atoms with E-state index < -0.39 is 28.9 Å². The first kappa shape index (κ1) is 16.7. The number of nitrogens with zero attached hydrogens (tertiary/aromatic N) is 2. The first-order chi connectivity index (χ1) is 11.7. The molecule has 128 valence electrons. The van der Waals surface area contributed by atoms with Crippen LogP contribution in [0.1, 0.15) is 17.3 Å². The fourth-order valence-electron chi connectivity index (χ4n) is 2.61. The zero-order valence-corrected chi connectivity index (χ0v) is 12.9. The molecule has 0 aliphatic carbocycles. The summed E-state index contributed by atoms with van der Waals surface area (Å²) in [6.45, 7) is 1.04. The summed E-state index contributed by atoms with van der Waals surface area (Å²) in [4.78, 5) is 36.7. The molecule has 0 saturated carbocycles. The topological polar surface area (TPSA) is 61.1 Å². The SMILES string of the molecule is CC(=O)n1c(=O)c2ccccc2n(-c2cccc(C(F)(F)F)c2)c1=O. The number of carbonyl (C=O) groups excluding carboxylic acids is 1. The van der Waals surface area contributed by atoms with Gasteiger partial charge in [0.2, 0.25) is 5.91 Å². The zero-order valence-electron chi connectivity index (χ0n) is 12.9. The van der Waals surface area contributed by atoms with Gasteiger partial charge in [-0.25, -0.2) is 4.79 Å². The molecule has 0 fully saturated rings. The van der Waals surface area contributed by atoms with Gasteiger partial charge in [-0.15, -0.1) is 0 Å². The summed E-state index contributed by atoms with van der Waals surface area (Å²) in [5, 5.41) is 0.0507. The predicted molar refractivity (Wildman–Crippen MR) is 85.1 cm³/mol. The fraction of sp³-hybridized carbons (Fsp3) is 0.118. The van der Waals surface area contributed by atoms with Gasteiger partial charge in [0.1, 0.15) is 0 Å². The van der Waals surface area contributed by atoms with Crippen molar-refractivity contribution in [3.8, 4) is 5.69 Å². The molecule has 0 N–H and O–H groups in total. The summed E-state index contributed by atoms with van der Waals surface area (Å²) in [6.07, 6.45) is -4.59. The molecule has 0 saturated heterocycles. The number of aromatic nitrogens is 2. The highest BCUT2D eigenvalue weighted by Gasteiger charge is 2.31. The van der Waals surface area contributed by atoms with Gasteiger partial charge in [-0.3, -0.25) is 14.2 Å². The van der Waals surface area contributed by atoms with E-state index >= 15 is 0 Å². The molecule has 3 rings (SSSR count). The van der Waals surface area contributed by atoms with Crippen molar-refractivity contribution in [3.63, 3.8) is 0 Å². The van der Waals surface area contributed by atoms with Gasteiger partial charge >= 0.3 is 11.9 Å². The third kappa shape index (κ3) is 2.75. The Balaban J connectivity index is 2.47. The van der Waals surface area contributed by atoms with Crippen LogP contribution in [0.15, 0.2) is 58.1 Å². The summed E-state index contributed by atoms with van der Waals surface area (Å²) in [7, 11) is 0. The fourth-order valence-corrected chi connectivity index (χ4v) is 2.61. The van der Waals surface area contributed by atoms with Gasteiger partial charge in [-0.1, -0.05) is 18.2 Å². The molecule has 0 atom stereocenters. The molecule has 5 nitrogen and oxygen atoms in total. The lowest BCUT2D eigenvalue weighted by atomic mass is 10.1. The molecule has 0 aliphatic heterocycles. The van der Waals surface area contributed by atoms with Crippen molar-refractivity contribution >= 4 is 16.8 Å². The van der Waals surface area contributed by atoms with E-state index in [0.29, 0.717) is 4.57 Å². The molecule has 0 unspecified atom stereocenters. The van der Waals surface area contributed by atoms with Gasteiger partial charge in [0, 0.05) is 6.92 Å². The number of hydrogen-bond donors (Lipinski definition) is 0. The smallest absolute Gasteiger partial charge is 0.274 e. The number of hydrogen-bond acceptors (Lipinski definition) is 3. The van der Waals surface area contributed by atoms with Gasteiger partial charge < -0.3 is 0 Å². The molecule has 0 aliphatic rings. The number of rotatable bonds is 1. The van der Waals surface area contributed by atoms with Gasteiger partial charge in [-0.05, 0) is 30.3 Å². The number of carbonyl (C=O) groups is 1. The highest BCUT2D eigenvalue weighted by Crippen LogP contribution is 2.30. The van der Waals surface area contributed by atoms with E-state index in [1.54, 1.807) is 6.07 Å². The Hall–Kier alpha value is -3.16. The Labute approximate surface area is 138 Å². The van der Waals surface area contributed by atoms with Gasteiger partial charge in [0.05, 0.1) is 22.2 Å². The molecular formula is C17H11F3N2O3. The Morgan fingerprint density at radius 3 is 2.32 bits per heavy atom. The van der Waals surface area contributed by atoms with Crippen LogP contribution in [0, 0.1) is 0 Å². The van der Waals surface area contributed by atoms with Crippen molar-refractivity contribution < 1.29 is 18.0 Å². The van der Waals surface area contributed by atoms with Crippen LogP contribution >= 0.6 is 0 Å². The zero-order chi connectivity index (χ0) is 18.4. The minimum Gasteiger partial charge on any atom is -0.274 e. The van der Waals surface area contributed by atoms with Crippen molar-refractivity contribution in [2.24, 2.45) is 0 Å². The molecule has 1 aromatic heterocycles. The number of para-hydroxylation sites is 1. The van der Waals surface area contributed by atoms with E-state index in [9.17, 15) is 27.6 Å². The van der Waals surface area contributed by atoms with E-state index in [2.05, 4.69) is 0 Å². The normalized spacial score (nSPS) is 11.7. The van der Waals surface area contributed by atoms with Crippen LogP contribution < -0.4 is 11.2 Å². The Morgan fingerprint density at radius 2 is 1.68 bits per heavy atom. The van der Waals surface area contributed by atoms with Crippen LogP contribution in [0.4, 0.5) is 13.2 Å². The minimum atomic E-state index is -4.59. The third-order valence-corrected chi connectivity index (χ3v) is 3.71. The second-order valence-corrected chi connectivity index (χ2v) is 5.34. The molecule has 25 heavy (non-hydrogen) atoms. The average molecular weight is 348 g/mol.